The summed E-state index contributed by atoms with van der Waals surface area (Å²) >= 11 is 0. The summed E-state index contributed by atoms with van der Waals surface area (Å²) in [6.45, 7) is 3.37. The molecule has 2 unspecified atom stereocenters. The smallest absolute Gasteiger partial charge is 0.104 e. The Morgan fingerprint density at radius 3 is 3.00 bits per heavy atom. The summed E-state index contributed by atoms with van der Waals surface area (Å²) in [6.07, 6.45) is 0.258. The lowest BCUT2D eigenvalue weighted by atomic mass is 10.4. The Bertz CT molecular complexity index is 80.4. The minimum atomic E-state index is -0.0470. The van der Waals surface area contributed by atoms with Gasteiger partial charge in [-0.25, -0.2) is 0 Å². The summed E-state index contributed by atoms with van der Waals surface area (Å²) in [4.78, 5) is 0. The average molecular weight is 132 g/mol. The second-order valence-electron chi connectivity index (χ2n) is 2.28. The van der Waals surface area contributed by atoms with Crippen molar-refractivity contribution in [1.29, 1.82) is 0 Å². The Morgan fingerprint density at radius 1 is 1.89 bits per heavy atom. The first-order chi connectivity index (χ1) is 4.33. The molecular weight excluding hydrogens is 120 g/mol. The largest absolute Gasteiger partial charge is 0.394 e. The Morgan fingerprint density at radius 2 is 2.56 bits per heavy atom. The number of aliphatic hydroxyl groups excluding tert-OH is 1. The monoisotopic (exact) mass is 132 g/mol. The van der Waals surface area contributed by atoms with Crippen molar-refractivity contribution < 1.29 is 14.6 Å². The van der Waals surface area contributed by atoms with Gasteiger partial charge in [0.25, 0.3) is 0 Å². The van der Waals surface area contributed by atoms with E-state index in [-0.39, 0.29) is 12.7 Å². The van der Waals surface area contributed by atoms with Gasteiger partial charge in [-0.2, -0.15) is 0 Å². The van der Waals surface area contributed by atoms with Crippen molar-refractivity contribution in [3.63, 3.8) is 0 Å². The van der Waals surface area contributed by atoms with Crippen LogP contribution in [0.5, 0.6) is 0 Å². The highest BCUT2D eigenvalue weighted by atomic mass is 16.6. The Hall–Kier alpha value is -0.120. The quantitative estimate of drug-likeness (QED) is 0.538. The van der Waals surface area contributed by atoms with Crippen LogP contribution in [-0.2, 0) is 9.47 Å². The van der Waals surface area contributed by atoms with E-state index < -0.39 is 0 Å². The third kappa shape index (κ3) is 2.79. The number of hydrogen-bond acceptors (Lipinski definition) is 3. The molecule has 1 rings (SSSR count). The number of aliphatic hydroxyl groups is 1. The van der Waals surface area contributed by atoms with Crippen molar-refractivity contribution in [3.8, 4) is 0 Å². The van der Waals surface area contributed by atoms with Gasteiger partial charge < -0.3 is 14.6 Å². The predicted octanol–water partition coefficient (Wildman–Crippen LogP) is -0.217. The summed E-state index contributed by atoms with van der Waals surface area (Å²) in [5, 5.41) is 8.50. The number of ether oxygens (including phenoxy) is 2. The second kappa shape index (κ2) is 3.15. The van der Waals surface area contributed by atoms with E-state index in [0.29, 0.717) is 12.7 Å². The molecule has 0 spiro atoms. The van der Waals surface area contributed by atoms with Gasteiger partial charge in [-0.3, -0.25) is 0 Å². The van der Waals surface area contributed by atoms with Gasteiger partial charge >= 0.3 is 0 Å². The zero-order chi connectivity index (χ0) is 6.69. The second-order valence-corrected chi connectivity index (χ2v) is 2.28. The molecular formula is C6H12O3. The fraction of sp³-hybridized carbons (Fsp3) is 1.00. The predicted molar refractivity (Wildman–Crippen MR) is 32.2 cm³/mol. The van der Waals surface area contributed by atoms with Crippen LogP contribution in [0.3, 0.4) is 0 Å². The summed E-state index contributed by atoms with van der Waals surface area (Å²) in [6, 6.07) is 0. The first-order valence-corrected chi connectivity index (χ1v) is 3.17. The van der Waals surface area contributed by atoms with Crippen LogP contribution in [-0.4, -0.2) is 37.1 Å². The SMILES string of the molecule is CC(CO)OCC1CO1. The number of hydrogen-bond donors (Lipinski definition) is 1. The van der Waals surface area contributed by atoms with E-state index in [2.05, 4.69) is 0 Å². The molecule has 0 aliphatic carbocycles. The van der Waals surface area contributed by atoms with Crippen molar-refractivity contribution >= 4 is 0 Å². The topological polar surface area (TPSA) is 42.0 Å². The molecule has 0 bridgehead atoms. The molecule has 1 N–H and O–H groups in total. The van der Waals surface area contributed by atoms with Crippen LogP contribution in [0.4, 0.5) is 0 Å². The van der Waals surface area contributed by atoms with E-state index in [1.165, 1.54) is 0 Å². The minimum absolute atomic E-state index is 0.0470. The Balaban J connectivity index is 1.90. The van der Waals surface area contributed by atoms with Crippen molar-refractivity contribution in [1.82, 2.24) is 0 Å². The molecule has 0 aromatic carbocycles. The normalized spacial score (nSPS) is 28.0. The molecule has 1 aliphatic rings. The summed E-state index contributed by atoms with van der Waals surface area (Å²) in [7, 11) is 0. The van der Waals surface area contributed by atoms with Gasteiger partial charge in [0, 0.05) is 0 Å². The van der Waals surface area contributed by atoms with E-state index >= 15 is 0 Å². The molecule has 0 aromatic rings. The lowest BCUT2D eigenvalue weighted by molar-refractivity contribution is 0.0174. The maximum absolute atomic E-state index is 8.50. The van der Waals surface area contributed by atoms with Gasteiger partial charge in [0.1, 0.15) is 6.10 Å². The van der Waals surface area contributed by atoms with Crippen LogP contribution >= 0.6 is 0 Å². The Labute approximate surface area is 54.6 Å². The molecule has 1 fully saturated rings. The molecule has 54 valence electrons. The maximum atomic E-state index is 8.50. The molecule has 0 amide bonds. The zero-order valence-electron chi connectivity index (χ0n) is 5.54. The van der Waals surface area contributed by atoms with E-state index in [9.17, 15) is 0 Å². The first-order valence-electron chi connectivity index (χ1n) is 3.17. The van der Waals surface area contributed by atoms with E-state index in [4.69, 9.17) is 14.6 Å². The third-order valence-corrected chi connectivity index (χ3v) is 1.23. The maximum Gasteiger partial charge on any atom is 0.104 e. The first kappa shape index (κ1) is 6.99. The minimum Gasteiger partial charge on any atom is -0.394 e. The fourth-order valence-corrected chi connectivity index (χ4v) is 0.489. The van der Waals surface area contributed by atoms with Gasteiger partial charge in [0.05, 0.1) is 25.9 Å². The summed E-state index contributed by atoms with van der Waals surface area (Å²) in [5.41, 5.74) is 0. The van der Waals surface area contributed by atoms with E-state index in [0.717, 1.165) is 6.61 Å². The van der Waals surface area contributed by atoms with Crippen molar-refractivity contribution in [3.05, 3.63) is 0 Å². The van der Waals surface area contributed by atoms with Crippen LogP contribution < -0.4 is 0 Å². The van der Waals surface area contributed by atoms with Gasteiger partial charge in [0.2, 0.25) is 0 Å². The molecule has 2 atom stereocenters. The zero-order valence-corrected chi connectivity index (χ0v) is 5.54. The van der Waals surface area contributed by atoms with Gasteiger partial charge in [-0.05, 0) is 6.92 Å². The van der Waals surface area contributed by atoms with Crippen LogP contribution in [0, 0.1) is 0 Å². The standard InChI is InChI=1S/C6H12O3/c1-5(2-7)8-3-6-4-9-6/h5-7H,2-4H2,1H3. The van der Waals surface area contributed by atoms with Crippen molar-refractivity contribution in [2.45, 2.75) is 19.1 Å². The highest BCUT2D eigenvalue weighted by molar-refractivity contribution is 4.67. The average Bonchev–Trinajstić information content (AvgIpc) is 2.65. The summed E-state index contributed by atoms with van der Waals surface area (Å²) in [5.74, 6) is 0. The van der Waals surface area contributed by atoms with Crippen molar-refractivity contribution in [2.24, 2.45) is 0 Å². The lowest BCUT2D eigenvalue weighted by Crippen LogP contribution is -2.15. The van der Waals surface area contributed by atoms with Gasteiger partial charge in [0.15, 0.2) is 0 Å². The highest BCUT2D eigenvalue weighted by Crippen LogP contribution is 2.09. The van der Waals surface area contributed by atoms with Crippen molar-refractivity contribution in [2.75, 3.05) is 19.8 Å². The molecule has 3 heteroatoms. The Kier molecular flexibility index (Phi) is 2.45. The summed E-state index contributed by atoms with van der Waals surface area (Å²) < 4.78 is 10.0. The molecule has 1 heterocycles. The van der Waals surface area contributed by atoms with Crippen LogP contribution in [0.25, 0.3) is 0 Å². The van der Waals surface area contributed by atoms with Crippen LogP contribution in [0.15, 0.2) is 0 Å². The molecule has 0 aromatic heterocycles. The number of rotatable bonds is 4. The highest BCUT2D eigenvalue weighted by Gasteiger charge is 2.22. The van der Waals surface area contributed by atoms with Gasteiger partial charge in [-0.1, -0.05) is 0 Å². The van der Waals surface area contributed by atoms with E-state index in [1.807, 2.05) is 6.92 Å². The third-order valence-electron chi connectivity index (χ3n) is 1.23. The molecule has 0 saturated carbocycles. The van der Waals surface area contributed by atoms with Crippen LogP contribution in [0.1, 0.15) is 6.92 Å². The molecule has 1 saturated heterocycles. The van der Waals surface area contributed by atoms with Crippen LogP contribution in [0.2, 0.25) is 0 Å². The van der Waals surface area contributed by atoms with E-state index in [1.54, 1.807) is 0 Å². The molecule has 1 aliphatic heterocycles. The number of epoxide rings is 1. The lowest BCUT2D eigenvalue weighted by Gasteiger charge is -2.06. The fourth-order valence-electron chi connectivity index (χ4n) is 0.489. The molecule has 0 radical (unpaired) electrons. The van der Waals surface area contributed by atoms with Gasteiger partial charge in [-0.15, -0.1) is 0 Å². The molecule has 3 nitrogen and oxygen atoms in total. The molecule has 9 heavy (non-hydrogen) atoms.